The molecule has 2 atom stereocenters. The second kappa shape index (κ2) is 2.79. The van der Waals surface area contributed by atoms with Gasteiger partial charge in [-0.1, -0.05) is 0 Å². The maximum Gasteiger partial charge on any atom is 0.219 e. The van der Waals surface area contributed by atoms with Gasteiger partial charge in [0.1, 0.15) is 0 Å². The van der Waals surface area contributed by atoms with Gasteiger partial charge in [-0.05, 0) is 13.3 Å². The Balaban J connectivity index is 2.58. The standard InChI is InChI=1S/C7H14N2O2/c1-5-7(9,2-3-11-5)4-6(8)10/h5H,2-4,9H2,1H3,(H2,8,10). The van der Waals surface area contributed by atoms with Gasteiger partial charge in [0.25, 0.3) is 0 Å². The number of primary amides is 1. The van der Waals surface area contributed by atoms with Crippen molar-refractivity contribution in [2.75, 3.05) is 6.61 Å². The van der Waals surface area contributed by atoms with E-state index in [0.29, 0.717) is 6.61 Å². The van der Waals surface area contributed by atoms with Crippen LogP contribution in [-0.4, -0.2) is 24.2 Å². The first-order chi connectivity index (χ1) is 5.04. The predicted octanol–water partition coefficient (Wildman–Crippen LogP) is -0.632. The molecule has 0 spiro atoms. The Bertz CT molecular complexity index is 172. The quantitative estimate of drug-likeness (QED) is 0.561. The number of amides is 1. The van der Waals surface area contributed by atoms with Crippen LogP contribution < -0.4 is 11.5 Å². The highest BCUT2D eigenvalue weighted by molar-refractivity contribution is 5.75. The van der Waals surface area contributed by atoms with E-state index in [1.54, 1.807) is 0 Å². The molecule has 1 rings (SSSR count). The zero-order valence-electron chi connectivity index (χ0n) is 6.67. The normalized spacial score (nSPS) is 37.5. The molecule has 11 heavy (non-hydrogen) atoms. The molecule has 4 nitrogen and oxygen atoms in total. The molecule has 0 bridgehead atoms. The highest BCUT2D eigenvalue weighted by Gasteiger charge is 2.38. The average Bonchev–Trinajstić information content (AvgIpc) is 2.11. The first kappa shape index (κ1) is 8.49. The van der Waals surface area contributed by atoms with Crippen LogP contribution >= 0.6 is 0 Å². The first-order valence-corrected chi connectivity index (χ1v) is 3.73. The minimum absolute atomic E-state index is 0.0602. The van der Waals surface area contributed by atoms with Crippen molar-refractivity contribution in [2.24, 2.45) is 11.5 Å². The first-order valence-electron chi connectivity index (χ1n) is 3.73. The molecule has 1 amide bonds. The molecule has 0 radical (unpaired) electrons. The number of hydrogen-bond acceptors (Lipinski definition) is 3. The van der Waals surface area contributed by atoms with Crippen LogP contribution in [-0.2, 0) is 9.53 Å². The fourth-order valence-corrected chi connectivity index (χ4v) is 1.35. The molecule has 4 N–H and O–H groups in total. The Hall–Kier alpha value is -0.610. The van der Waals surface area contributed by atoms with Crippen LogP contribution in [0.2, 0.25) is 0 Å². The summed E-state index contributed by atoms with van der Waals surface area (Å²) in [6, 6.07) is 0. The van der Waals surface area contributed by atoms with E-state index in [4.69, 9.17) is 16.2 Å². The number of rotatable bonds is 2. The van der Waals surface area contributed by atoms with Crippen LogP contribution in [0.1, 0.15) is 19.8 Å². The van der Waals surface area contributed by atoms with E-state index in [-0.39, 0.29) is 18.4 Å². The molecular weight excluding hydrogens is 144 g/mol. The average molecular weight is 158 g/mol. The third-order valence-corrected chi connectivity index (χ3v) is 2.25. The Kier molecular flexibility index (Phi) is 2.15. The summed E-state index contributed by atoms with van der Waals surface area (Å²) in [7, 11) is 0. The van der Waals surface area contributed by atoms with E-state index in [1.807, 2.05) is 6.92 Å². The third kappa shape index (κ3) is 1.70. The maximum atomic E-state index is 10.6. The summed E-state index contributed by atoms with van der Waals surface area (Å²) in [5.41, 5.74) is 10.4. The molecular formula is C7H14N2O2. The molecule has 1 heterocycles. The number of nitrogens with two attached hydrogens (primary N) is 2. The minimum Gasteiger partial charge on any atom is -0.377 e. The van der Waals surface area contributed by atoms with Crippen LogP contribution in [0.4, 0.5) is 0 Å². The fourth-order valence-electron chi connectivity index (χ4n) is 1.35. The van der Waals surface area contributed by atoms with Crippen molar-refractivity contribution in [3.8, 4) is 0 Å². The molecule has 1 aliphatic rings. The summed E-state index contributed by atoms with van der Waals surface area (Å²) in [4.78, 5) is 10.6. The molecule has 1 aliphatic heterocycles. The third-order valence-electron chi connectivity index (χ3n) is 2.25. The smallest absolute Gasteiger partial charge is 0.219 e. The van der Waals surface area contributed by atoms with E-state index in [2.05, 4.69) is 0 Å². The van der Waals surface area contributed by atoms with Gasteiger partial charge in [0.15, 0.2) is 0 Å². The second-order valence-corrected chi connectivity index (χ2v) is 3.14. The van der Waals surface area contributed by atoms with Gasteiger partial charge in [0, 0.05) is 13.0 Å². The van der Waals surface area contributed by atoms with Crippen molar-refractivity contribution in [3.63, 3.8) is 0 Å². The summed E-state index contributed by atoms with van der Waals surface area (Å²) >= 11 is 0. The van der Waals surface area contributed by atoms with Crippen molar-refractivity contribution in [3.05, 3.63) is 0 Å². The Morgan fingerprint density at radius 1 is 1.82 bits per heavy atom. The largest absolute Gasteiger partial charge is 0.377 e. The number of carbonyl (C=O) groups is 1. The summed E-state index contributed by atoms with van der Waals surface area (Å²) in [6.45, 7) is 2.50. The van der Waals surface area contributed by atoms with Gasteiger partial charge in [0.2, 0.25) is 5.91 Å². The molecule has 0 aromatic heterocycles. The second-order valence-electron chi connectivity index (χ2n) is 3.14. The van der Waals surface area contributed by atoms with Crippen LogP contribution in [0.3, 0.4) is 0 Å². The lowest BCUT2D eigenvalue weighted by Gasteiger charge is -2.25. The van der Waals surface area contributed by atoms with E-state index in [1.165, 1.54) is 0 Å². The topological polar surface area (TPSA) is 78.3 Å². The van der Waals surface area contributed by atoms with Gasteiger partial charge >= 0.3 is 0 Å². The van der Waals surface area contributed by atoms with E-state index < -0.39 is 5.54 Å². The van der Waals surface area contributed by atoms with Crippen molar-refractivity contribution in [1.29, 1.82) is 0 Å². The van der Waals surface area contributed by atoms with Crippen molar-refractivity contribution in [1.82, 2.24) is 0 Å². The zero-order chi connectivity index (χ0) is 8.48. The van der Waals surface area contributed by atoms with Gasteiger partial charge < -0.3 is 16.2 Å². The van der Waals surface area contributed by atoms with Gasteiger partial charge in [0.05, 0.1) is 11.6 Å². The van der Waals surface area contributed by atoms with Crippen molar-refractivity contribution >= 4 is 5.91 Å². The van der Waals surface area contributed by atoms with E-state index in [0.717, 1.165) is 6.42 Å². The van der Waals surface area contributed by atoms with Gasteiger partial charge in [-0.15, -0.1) is 0 Å². The van der Waals surface area contributed by atoms with Crippen LogP contribution in [0.5, 0.6) is 0 Å². The minimum atomic E-state index is -0.522. The fraction of sp³-hybridized carbons (Fsp3) is 0.857. The Morgan fingerprint density at radius 3 is 2.82 bits per heavy atom. The van der Waals surface area contributed by atoms with Crippen LogP contribution in [0, 0.1) is 0 Å². The maximum absolute atomic E-state index is 10.6. The molecule has 1 saturated heterocycles. The molecule has 64 valence electrons. The molecule has 0 aliphatic carbocycles. The van der Waals surface area contributed by atoms with E-state index in [9.17, 15) is 4.79 Å². The summed E-state index contributed by atoms with van der Waals surface area (Å²) in [5.74, 6) is -0.357. The molecule has 1 fully saturated rings. The number of hydrogen-bond donors (Lipinski definition) is 2. The SMILES string of the molecule is CC1OCCC1(N)CC(N)=O. The molecule has 4 heteroatoms. The molecule has 0 aromatic rings. The monoisotopic (exact) mass is 158 g/mol. The summed E-state index contributed by atoms with van der Waals surface area (Å²) in [5, 5.41) is 0. The summed E-state index contributed by atoms with van der Waals surface area (Å²) < 4.78 is 5.24. The Labute approximate surface area is 65.9 Å². The van der Waals surface area contributed by atoms with Gasteiger partial charge in [-0.2, -0.15) is 0 Å². The lowest BCUT2D eigenvalue weighted by Crippen LogP contribution is -2.48. The number of ether oxygens (including phenoxy) is 1. The summed E-state index contributed by atoms with van der Waals surface area (Å²) in [6.07, 6.45) is 0.876. The van der Waals surface area contributed by atoms with Crippen molar-refractivity contribution in [2.45, 2.75) is 31.4 Å². The van der Waals surface area contributed by atoms with Gasteiger partial charge in [-0.3, -0.25) is 4.79 Å². The zero-order valence-corrected chi connectivity index (χ0v) is 6.67. The lowest BCUT2D eigenvalue weighted by molar-refractivity contribution is -0.119. The van der Waals surface area contributed by atoms with Crippen LogP contribution in [0.15, 0.2) is 0 Å². The molecule has 0 saturated carbocycles. The molecule has 2 unspecified atom stereocenters. The Morgan fingerprint density at radius 2 is 2.45 bits per heavy atom. The van der Waals surface area contributed by atoms with Crippen LogP contribution in [0.25, 0.3) is 0 Å². The van der Waals surface area contributed by atoms with E-state index >= 15 is 0 Å². The predicted molar refractivity (Wildman–Crippen MR) is 40.8 cm³/mol. The number of carbonyl (C=O) groups excluding carboxylic acids is 1. The highest BCUT2D eigenvalue weighted by Crippen LogP contribution is 2.25. The highest BCUT2D eigenvalue weighted by atomic mass is 16.5. The lowest BCUT2D eigenvalue weighted by atomic mass is 9.89. The van der Waals surface area contributed by atoms with Gasteiger partial charge in [-0.25, -0.2) is 0 Å². The molecule has 0 aromatic carbocycles. The van der Waals surface area contributed by atoms with Crippen molar-refractivity contribution < 1.29 is 9.53 Å².